The van der Waals surface area contributed by atoms with Crippen LogP contribution in [-0.4, -0.2) is 36.4 Å². The molecule has 0 heterocycles. The molecule has 6 nitrogen and oxygen atoms in total. The molecule has 0 radical (unpaired) electrons. The molecule has 0 amide bonds. The van der Waals surface area contributed by atoms with Crippen molar-refractivity contribution in [2.75, 3.05) is 0 Å². The lowest BCUT2D eigenvalue weighted by Crippen LogP contribution is -2.44. The fraction of sp³-hybridized carbons (Fsp3) is 0.300. The Morgan fingerprint density at radius 1 is 1.26 bits per heavy atom. The number of carbonyl (C=O) groups is 1. The van der Waals surface area contributed by atoms with Gasteiger partial charge in [-0.1, -0.05) is 12.1 Å². The van der Waals surface area contributed by atoms with Gasteiger partial charge in [-0.2, -0.15) is 13.5 Å². The number of nitrogens with one attached hydrogen (secondary N) is 1. The van der Waals surface area contributed by atoms with E-state index in [4.69, 9.17) is 10.2 Å². The van der Waals surface area contributed by atoms with Crippen molar-refractivity contribution in [3.05, 3.63) is 29.8 Å². The van der Waals surface area contributed by atoms with Crippen molar-refractivity contribution in [2.45, 2.75) is 18.2 Å². The number of sulfonamides is 1. The summed E-state index contributed by atoms with van der Waals surface area (Å²) in [5.74, 6) is -5.32. The first kappa shape index (κ1) is 15.3. The van der Waals surface area contributed by atoms with Crippen molar-refractivity contribution < 1.29 is 32.2 Å². The van der Waals surface area contributed by atoms with Crippen molar-refractivity contribution in [2.24, 2.45) is 0 Å². The second kappa shape index (κ2) is 5.93. The van der Waals surface area contributed by atoms with Crippen LogP contribution in [0.2, 0.25) is 0 Å². The van der Waals surface area contributed by atoms with E-state index in [2.05, 4.69) is 0 Å². The van der Waals surface area contributed by atoms with Gasteiger partial charge in [0.15, 0.2) is 0 Å². The molecule has 0 fully saturated rings. The van der Waals surface area contributed by atoms with Crippen molar-refractivity contribution in [3.8, 4) is 5.75 Å². The topological polar surface area (TPSA) is 104 Å². The first-order valence-electron chi connectivity index (χ1n) is 5.02. The van der Waals surface area contributed by atoms with Crippen LogP contribution < -0.4 is 4.72 Å². The number of halogens is 2. The molecule has 0 unspecified atom stereocenters. The Bertz CT molecular complexity index is 544. The molecule has 3 N–H and O–H groups in total. The molecule has 1 aromatic rings. The predicted molar refractivity (Wildman–Crippen MR) is 61.3 cm³/mol. The van der Waals surface area contributed by atoms with Gasteiger partial charge in [0.1, 0.15) is 11.8 Å². The van der Waals surface area contributed by atoms with Crippen LogP contribution in [0.5, 0.6) is 5.75 Å². The van der Waals surface area contributed by atoms with Crippen molar-refractivity contribution in [1.29, 1.82) is 0 Å². The summed E-state index contributed by atoms with van der Waals surface area (Å²) in [6.45, 7) is 0. The molecule has 0 saturated carbocycles. The van der Waals surface area contributed by atoms with Gasteiger partial charge >= 0.3 is 11.7 Å². The maximum absolute atomic E-state index is 12.2. The number of aromatic hydroxyl groups is 1. The molecular weight excluding hydrogens is 284 g/mol. The van der Waals surface area contributed by atoms with E-state index < -0.39 is 27.8 Å². The zero-order chi connectivity index (χ0) is 14.6. The molecule has 1 atom stereocenters. The van der Waals surface area contributed by atoms with Gasteiger partial charge in [-0.15, -0.1) is 0 Å². The van der Waals surface area contributed by atoms with E-state index in [1.54, 1.807) is 0 Å². The lowest BCUT2D eigenvalue weighted by molar-refractivity contribution is -0.138. The number of carboxylic acid groups (broad SMARTS) is 1. The summed E-state index contributed by atoms with van der Waals surface area (Å²) in [4.78, 5) is 10.8. The smallest absolute Gasteiger partial charge is 0.350 e. The number of phenols is 1. The highest BCUT2D eigenvalue weighted by Gasteiger charge is 2.30. The molecule has 0 aliphatic carbocycles. The Kier molecular flexibility index (Phi) is 4.78. The molecule has 1 rings (SSSR count). The van der Waals surface area contributed by atoms with Gasteiger partial charge in [0.05, 0.1) is 0 Å². The molecular formula is C10H11F2NO5S. The number of hydrogen-bond donors (Lipinski definition) is 3. The van der Waals surface area contributed by atoms with Crippen LogP contribution in [0.3, 0.4) is 0 Å². The zero-order valence-corrected chi connectivity index (χ0v) is 10.3. The van der Waals surface area contributed by atoms with Crippen LogP contribution in [0, 0.1) is 0 Å². The number of aliphatic carboxylic acids is 1. The standard InChI is InChI=1S/C10H11F2NO5S/c11-10(12)19(17,18)13-8(9(15)16)5-6-1-3-7(14)4-2-6/h1-4,8,10,13-14H,5H2,(H,15,16)/t8-/m0/s1. The number of rotatable bonds is 6. The maximum atomic E-state index is 12.2. The molecule has 0 aliphatic heterocycles. The van der Waals surface area contributed by atoms with Crippen LogP contribution in [0.15, 0.2) is 24.3 Å². The summed E-state index contributed by atoms with van der Waals surface area (Å²) in [5, 5.41) is 17.8. The zero-order valence-electron chi connectivity index (χ0n) is 9.45. The molecule has 0 saturated heterocycles. The molecule has 106 valence electrons. The third-order valence-corrected chi connectivity index (χ3v) is 3.30. The second-order valence-corrected chi connectivity index (χ2v) is 5.37. The molecule has 9 heteroatoms. The predicted octanol–water partition coefficient (Wildman–Crippen LogP) is 0.530. The summed E-state index contributed by atoms with van der Waals surface area (Å²) in [6.07, 6.45) is -0.318. The van der Waals surface area contributed by atoms with Crippen molar-refractivity contribution >= 4 is 16.0 Å². The van der Waals surface area contributed by atoms with Gasteiger partial charge in [-0.3, -0.25) is 4.79 Å². The first-order valence-corrected chi connectivity index (χ1v) is 6.57. The van der Waals surface area contributed by atoms with Gasteiger partial charge in [0.25, 0.3) is 10.0 Å². The fourth-order valence-corrected chi connectivity index (χ4v) is 1.98. The molecule has 19 heavy (non-hydrogen) atoms. The van der Waals surface area contributed by atoms with Gasteiger partial charge in [0, 0.05) is 0 Å². The number of carboxylic acids is 1. The molecule has 0 spiro atoms. The van der Waals surface area contributed by atoms with E-state index in [-0.39, 0.29) is 12.2 Å². The highest BCUT2D eigenvalue weighted by atomic mass is 32.2. The monoisotopic (exact) mass is 295 g/mol. The highest BCUT2D eigenvalue weighted by molar-refractivity contribution is 7.89. The normalized spacial score (nSPS) is 13.4. The highest BCUT2D eigenvalue weighted by Crippen LogP contribution is 2.12. The van der Waals surface area contributed by atoms with Crippen molar-refractivity contribution in [1.82, 2.24) is 4.72 Å². The van der Waals surface area contributed by atoms with E-state index in [1.807, 2.05) is 0 Å². The average molecular weight is 295 g/mol. The lowest BCUT2D eigenvalue weighted by Gasteiger charge is -2.14. The Hall–Kier alpha value is -1.74. The molecule has 1 aromatic carbocycles. The van der Waals surface area contributed by atoms with Crippen LogP contribution in [0.1, 0.15) is 5.56 Å². The largest absolute Gasteiger partial charge is 0.508 e. The van der Waals surface area contributed by atoms with Gasteiger partial charge in [-0.25, -0.2) is 8.42 Å². The summed E-state index contributed by atoms with van der Waals surface area (Å²) >= 11 is 0. The molecule has 0 bridgehead atoms. The van der Waals surface area contributed by atoms with Crippen LogP contribution in [-0.2, 0) is 21.2 Å². The SMILES string of the molecule is O=C(O)[C@H](Cc1ccc(O)cc1)NS(=O)(=O)C(F)F. The van der Waals surface area contributed by atoms with Gasteiger partial charge < -0.3 is 10.2 Å². The van der Waals surface area contributed by atoms with Gasteiger partial charge in [0.2, 0.25) is 0 Å². The second-order valence-electron chi connectivity index (χ2n) is 3.68. The number of hydrogen-bond acceptors (Lipinski definition) is 4. The summed E-state index contributed by atoms with van der Waals surface area (Å²) < 4.78 is 47.6. The third kappa shape index (κ3) is 4.45. The van der Waals surface area contributed by atoms with Crippen molar-refractivity contribution in [3.63, 3.8) is 0 Å². The maximum Gasteiger partial charge on any atom is 0.350 e. The van der Waals surface area contributed by atoms with E-state index in [9.17, 15) is 22.0 Å². The lowest BCUT2D eigenvalue weighted by atomic mass is 10.1. The molecule has 0 aromatic heterocycles. The fourth-order valence-electron chi connectivity index (χ4n) is 1.30. The van der Waals surface area contributed by atoms with E-state index in [0.717, 1.165) is 0 Å². The minimum Gasteiger partial charge on any atom is -0.508 e. The number of phenolic OH excluding ortho intramolecular Hbond substituents is 1. The molecule has 0 aliphatic rings. The number of alkyl halides is 2. The summed E-state index contributed by atoms with van der Waals surface area (Å²) in [5.41, 5.74) is 0.377. The Labute approximate surface area is 107 Å². The van der Waals surface area contributed by atoms with E-state index in [0.29, 0.717) is 5.56 Å². The Balaban J connectivity index is 2.85. The van der Waals surface area contributed by atoms with Crippen LogP contribution in [0.4, 0.5) is 8.78 Å². The summed E-state index contributed by atoms with van der Waals surface area (Å²) in [7, 11) is -4.98. The van der Waals surface area contributed by atoms with Crippen LogP contribution >= 0.6 is 0 Å². The number of benzene rings is 1. The third-order valence-electron chi connectivity index (χ3n) is 2.22. The van der Waals surface area contributed by atoms with Crippen LogP contribution in [0.25, 0.3) is 0 Å². The Morgan fingerprint density at radius 2 is 1.79 bits per heavy atom. The average Bonchev–Trinajstić information content (AvgIpc) is 2.30. The van der Waals surface area contributed by atoms with Gasteiger partial charge in [-0.05, 0) is 24.1 Å². The minimum atomic E-state index is -4.98. The quantitative estimate of drug-likeness (QED) is 0.710. The van der Waals surface area contributed by atoms with E-state index >= 15 is 0 Å². The Morgan fingerprint density at radius 3 is 2.21 bits per heavy atom. The summed E-state index contributed by atoms with van der Waals surface area (Å²) in [6, 6.07) is 3.57. The van der Waals surface area contributed by atoms with E-state index in [1.165, 1.54) is 29.0 Å². The minimum absolute atomic E-state index is 0.0520. The first-order chi connectivity index (χ1) is 8.72.